The predicted molar refractivity (Wildman–Crippen MR) is 52.8 cm³/mol. The van der Waals surface area contributed by atoms with Crippen molar-refractivity contribution in [2.45, 2.75) is 38.1 Å². The summed E-state index contributed by atoms with van der Waals surface area (Å²) < 4.78 is 0. The molecule has 1 fully saturated rings. The average Bonchev–Trinajstić information content (AvgIpc) is 2.06. The second kappa shape index (κ2) is 5.32. The van der Waals surface area contributed by atoms with Crippen molar-refractivity contribution < 1.29 is 5.11 Å². The summed E-state index contributed by atoms with van der Waals surface area (Å²) in [6.07, 6.45) is 6.33. The topological polar surface area (TPSA) is 44.3 Å². The van der Waals surface area contributed by atoms with Crippen molar-refractivity contribution in [3.05, 3.63) is 0 Å². The number of hydrogen-bond donors (Lipinski definition) is 3. The molecule has 0 unspecified atom stereocenters. The van der Waals surface area contributed by atoms with E-state index in [4.69, 9.17) is 17.3 Å². The SMILES string of the molecule is OCNC(=S)NC1CCCCC1. The summed E-state index contributed by atoms with van der Waals surface area (Å²) in [7, 11) is 0. The van der Waals surface area contributed by atoms with Crippen molar-refractivity contribution >= 4 is 17.3 Å². The molecule has 12 heavy (non-hydrogen) atoms. The largest absolute Gasteiger partial charge is 0.377 e. The summed E-state index contributed by atoms with van der Waals surface area (Å²) in [5.41, 5.74) is 0. The van der Waals surface area contributed by atoms with Crippen LogP contribution in [0.2, 0.25) is 0 Å². The summed E-state index contributed by atoms with van der Waals surface area (Å²) in [5.74, 6) is 0. The highest BCUT2D eigenvalue weighted by Crippen LogP contribution is 2.16. The highest BCUT2D eigenvalue weighted by Gasteiger charge is 2.13. The Labute approximate surface area is 78.5 Å². The van der Waals surface area contributed by atoms with Gasteiger partial charge in [0.05, 0.1) is 0 Å². The standard InChI is InChI=1S/C8H16N2OS/c11-6-9-8(12)10-7-4-2-1-3-5-7/h7,11H,1-6H2,(H2,9,10,12). The fourth-order valence-corrected chi connectivity index (χ4v) is 1.79. The molecule has 1 rings (SSSR count). The molecular weight excluding hydrogens is 172 g/mol. The number of aliphatic hydroxyl groups excluding tert-OH is 1. The third kappa shape index (κ3) is 3.36. The quantitative estimate of drug-likeness (QED) is 0.441. The summed E-state index contributed by atoms with van der Waals surface area (Å²) in [5, 5.41) is 14.9. The lowest BCUT2D eigenvalue weighted by molar-refractivity contribution is 0.284. The predicted octanol–water partition coefficient (Wildman–Crippen LogP) is 0.733. The van der Waals surface area contributed by atoms with E-state index in [0.29, 0.717) is 11.2 Å². The van der Waals surface area contributed by atoms with Gasteiger partial charge in [0.15, 0.2) is 5.11 Å². The van der Waals surface area contributed by atoms with E-state index in [1.165, 1.54) is 32.1 Å². The van der Waals surface area contributed by atoms with Gasteiger partial charge in [0.1, 0.15) is 6.73 Å². The zero-order valence-electron chi connectivity index (χ0n) is 7.18. The average molecular weight is 188 g/mol. The molecule has 0 aliphatic heterocycles. The molecule has 1 aliphatic carbocycles. The van der Waals surface area contributed by atoms with Crippen LogP contribution in [0.15, 0.2) is 0 Å². The molecule has 0 atom stereocenters. The molecule has 0 aromatic rings. The second-order valence-electron chi connectivity index (χ2n) is 3.14. The number of aliphatic hydroxyl groups is 1. The number of hydrogen-bond acceptors (Lipinski definition) is 2. The zero-order valence-corrected chi connectivity index (χ0v) is 7.99. The fourth-order valence-electron chi connectivity index (χ4n) is 1.56. The van der Waals surface area contributed by atoms with E-state index < -0.39 is 0 Å². The van der Waals surface area contributed by atoms with Crippen LogP contribution in [-0.2, 0) is 0 Å². The minimum absolute atomic E-state index is 0.0848. The van der Waals surface area contributed by atoms with Crippen LogP contribution in [0.1, 0.15) is 32.1 Å². The Hall–Kier alpha value is -0.350. The van der Waals surface area contributed by atoms with Crippen molar-refractivity contribution in [1.82, 2.24) is 10.6 Å². The van der Waals surface area contributed by atoms with Crippen LogP contribution in [0.4, 0.5) is 0 Å². The Morgan fingerprint density at radius 2 is 2.00 bits per heavy atom. The van der Waals surface area contributed by atoms with E-state index in [2.05, 4.69) is 10.6 Å². The van der Waals surface area contributed by atoms with Gasteiger partial charge in [-0.3, -0.25) is 0 Å². The van der Waals surface area contributed by atoms with E-state index >= 15 is 0 Å². The van der Waals surface area contributed by atoms with Gasteiger partial charge < -0.3 is 15.7 Å². The maximum Gasteiger partial charge on any atom is 0.168 e. The van der Waals surface area contributed by atoms with Gasteiger partial charge >= 0.3 is 0 Å². The van der Waals surface area contributed by atoms with Gasteiger partial charge in [-0.05, 0) is 25.1 Å². The number of nitrogens with one attached hydrogen (secondary N) is 2. The van der Waals surface area contributed by atoms with Crippen LogP contribution in [-0.4, -0.2) is 23.0 Å². The maximum absolute atomic E-state index is 8.53. The first-order valence-electron chi connectivity index (χ1n) is 4.48. The molecule has 0 amide bonds. The number of rotatable bonds is 2. The second-order valence-corrected chi connectivity index (χ2v) is 3.55. The number of thiocarbonyl (C=S) groups is 1. The molecule has 3 nitrogen and oxygen atoms in total. The van der Waals surface area contributed by atoms with Crippen LogP contribution >= 0.6 is 12.2 Å². The molecule has 70 valence electrons. The summed E-state index contributed by atoms with van der Waals surface area (Å²) in [6, 6.07) is 0.519. The van der Waals surface area contributed by atoms with Gasteiger partial charge in [-0.25, -0.2) is 0 Å². The molecule has 0 spiro atoms. The zero-order chi connectivity index (χ0) is 8.81. The molecule has 1 saturated carbocycles. The Kier molecular flexibility index (Phi) is 4.32. The van der Waals surface area contributed by atoms with Crippen LogP contribution in [0.3, 0.4) is 0 Å². The lowest BCUT2D eigenvalue weighted by Crippen LogP contribution is -2.42. The van der Waals surface area contributed by atoms with Gasteiger partial charge in [-0.2, -0.15) is 0 Å². The Morgan fingerprint density at radius 1 is 1.33 bits per heavy atom. The fraction of sp³-hybridized carbons (Fsp3) is 0.875. The third-order valence-electron chi connectivity index (χ3n) is 2.18. The first-order valence-corrected chi connectivity index (χ1v) is 4.89. The Bertz CT molecular complexity index is 146. The van der Waals surface area contributed by atoms with Gasteiger partial charge in [-0.1, -0.05) is 19.3 Å². The van der Waals surface area contributed by atoms with E-state index in [1.807, 2.05) is 0 Å². The monoisotopic (exact) mass is 188 g/mol. The van der Waals surface area contributed by atoms with E-state index in [1.54, 1.807) is 0 Å². The molecule has 1 aliphatic rings. The van der Waals surface area contributed by atoms with E-state index in [9.17, 15) is 0 Å². The van der Waals surface area contributed by atoms with Gasteiger partial charge in [-0.15, -0.1) is 0 Å². The molecule has 0 saturated heterocycles. The molecule has 0 bridgehead atoms. The van der Waals surface area contributed by atoms with Crippen LogP contribution in [0, 0.1) is 0 Å². The summed E-state index contributed by atoms with van der Waals surface area (Å²) >= 11 is 4.95. The minimum atomic E-state index is -0.0848. The van der Waals surface area contributed by atoms with Crippen LogP contribution in [0.25, 0.3) is 0 Å². The maximum atomic E-state index is 8.53. The van der Waals surface area contributed by atoms with Crippen molar-refractivity contribution in [2.75, 3.05) is 6.73 Å². The van der Waals surface area contributed by atoms with Crippen molar-refractivity contribution in [2.24, 2.45) is 0 Å². The molecular formula is C8H16N2OS. The lowest BCUT2D eigenvalue weighted by Gasteiger charge is -2.23. The van der Waals surface area contributed by atoms with Gasteiger partial charge in [0.2, 0.25) is 0 Å². The lowest BCUT2D eigenvalue weighted by atomic mass is 9.96. The van der Waals surface area contributed by atoms with Crippen LogP contribution in [0.5, 0.6) is 0 Å². The summed E-state index contributed by atoms with van der Waals surface area (Å²) in [4.78, 5) is 0. The molecule has 0 aromatic heterocycles. The Balaban J connectivity index is 2.15. The van der Waals surface area contributed by atoms with Gasteiger partial charge in [0, 0.05) is 6.04 Å². The van der Waals surface area contributed by atoms with Crippen molar-refractivity contribution in [3.8, 4) is 0 Å². The molecule has 4 heteroatoms. The van der Waals surface area contributed by atoms with Crippen LogP contribution < -0.4 is 10.6 Å². The normalized spacial score (nSPS) is 18.8. The smallest absolute Gasteiger partial charge is 0.168 e. The van der Waals surface area contributed by atoms with E-state index in [0.717, 1.165) is 0 Å². The third-order valence-corrected chi connectivity index (χ3v) is 2.44. The summed E-state index contributed by atoms with van der Waals surface area (Å²) in [6.45, 7) is -0.0848. The highest BCUT2D eigenvalue weighted by molar-refractivity contribution is 7.80. The van der Waals surface area contributed by atoms with Crippen molar-refractivity contribution in [3.63, 3.8) is 0 Å². The first kappa shape index (κ1) is 9.74. The Morgan fingerprint density at radius 3 is 2.58 bits per heavy atom. The minimum Gasteiger partial charge on any atom is -0.377 e. The molecule has 0 heterocycles. The first-order chi connectivity index (χ1) is 5.83. The molecule has 0 aromatic carbocycles. The van der Waals surface area contributed by atoms with Gasteiger partial charge in [0.25, 0.3) is 0 Å². The van der Waals surface area contributed by atoms with E-state index in [-0.39, 0.29) is 6.73 Å². The molecule has 3 N–H and O–H groups in total. The van der Waals surface area contributed by atoms with Crippen molar-refractivity contribution in [1.29, 1.82) is 0 Å². The molecule has 0 radical (unpaired) electrons. The highest BCUT2D eigenvalue weighted by atomic mass is 32.1.